The van der Waals surface area contributed by atoms with Gasteiger partial charge in [0, 0.05) is 11.9 Å². The topological polar surface area (TPSA) is 42.7 Å². The number of hydrogen-bond acceptors (Lipinski definition) is 3. The molecule has 0 N–H and O–H groups in total. The summed E-state index contributed by atoms with van der Waals surface area (Å²) in [6.07, 6.45) is -0.257. The number of carbonyl (C=O) groups is 1. The highest BCUT2D eigenvalue weighted by atomic mass is 19.1. The van der Waals surface area contributed by atoms with Gasteiger partial charge in [-0.25, -0.2) is 4.39 Å². The van der Waals surface area contributed by atoms with E-state index in [1.165, 1.54) is 12.1 Å². The van der Waals surface area contributed by atoms with Crippen LogP contribution in [-0.2, 0) is 4.74 Å². The molecule has 4 rings (SSSR count). The van der Waals surface area contributed by atoms with Crippen LogP contribution in [0.2, 0.25) is 0 Å². The van der Waals surface area contributed by atoms with E-state index in [9.17, 15) is 9.18 Å². The van der Waals surface area contributed by atoms with Crippen molar-refractivity contribution < 1.29 is 18.3 Å². The second kappa shape index (κ2) is 6.09. The fourth-order valence-electron chi connectivity index (χ4n) is 2.96. The number of rotatable bonds is 2. The van der Waals surface area contributed by atoms with Gasteiger partial charge in [-0.1, -0.05) is 30.3 Å². The summed E-state index contributed by atoms with van der Waals surface area (Å²) in [4.78, 5) is 14.4. The summed E-state index contributed by atoms with van der Waals surface area (Å²) >= 11 is 0. The van der Waals surface area contributed by atoms with Gasteiger partial charge in [-0.15, -0.1) is 0 Å². The predicted octanol–water partition coefficient (Wildman–Crippen LogP) is 3.79. The van der Waals surface area contributed by atoms with Crippen molar-refractivity contribution in [1.29, 1.82) is 0 Å². The molecule has 0 radical (unpaired) electrons. The Kier molecular flexibility index (Phi) is 3.78. The maximum atomic E-state index is 13.1. The van der Waals surface area contributed by atoms with Crippen molar-refractivity contribution in [3.05, 3.63) is 71.7 Å². The highest BCUT2D eigenvalue weighted by molar-refractivity contribution is 5.96. The van der Waals surface area contributed by atoms with E-state index < -0.39 is 0 Å². The SMILES string of the molecule is O=C(c1cc2ccccc2o1)N1CCOC(c2ccc(F)cc2)C1. The van der Waals surface area contributed by atoms with Crippen molar-refractivity contribution in [2.45, 2.75) is 6.10 Å². The van der Waals surface area contributed by atoms with Crippen molar-refractivity contribution in [3.63, 3.8) is 0 Å². The third-order valence-corrected chi connectivity index (χ3v) is 4.23. The average molecular weight is 325 g/mol. The molecule has 0 bridgehead atoms. The number of hydrogen-bond donors (Lipinski definition) is 0. The van der Waals surface area contributed by atoms with Crippen LogP contribution in [0, 0.1) is 5.82 Å². The summed E-state index contributed by atoms with van der Waals surface area (Å²) in [5, 5.41) is 0.907. The molecule has 122 valence electrons. The van der Waals surface area contributed by atoms with Crippen LogP contribution in [0.3, 0.4) is 0 Å². The standard InChI is InChI=1S/C19H16FNO3/c20-15-7-5-13(6-8-15)18-12-21(9-10-23-18)19(22)17-11-14-3-1-2-4-16(14)24-17/h1-8,11,18H,9-10,12H2. The lowest BCUT2D eigenvalue weighted by atomic mass is 10.1. The smallest absolute Gasteiger partial charge is 0.289 e. The molecular formula is C19H16FNO3. The van der Waals surface area contributed by atoms with Crippen molar-refractivity contribution in [2.75, 3.05) is 19.7 Å². The van der Waals surface area contributed by atoms with E-state index in [1.54, 1.807) is 23.1 Å². The van der Waals surface area contributed by atoms with Crippen LogP contribution in [-0.4, -0.2) is 30.5 Å². The third kappa shape index (κ3) is 2.78. The number of ether oxygens (including phenoxy) is 1. The highest BCUT2D eigenvalue weighted by Gasteiger charge is 2.27. The lowest BCUT2D eigenvalue weighted by Gasteiger charge is -2.32. The summed E-state index contributed by atoms with van der Waals surface area (Å²) in [6, 6.07) is 15.5. The van der Waals surface area contributed by atoms with Crippen LogP contribution in [0.5, 0.6) is 0 Å². The summed E-state index contributed by atoms with van der Waals surface area (Å²) < 4.78 is 24.5. The van der Waals surface area contributed by atoms with Gasteiger partial charge in [0.2, 0.25) is 0 Å². The number of furan rings is 1. The van der Waals surface area contributed by atoms with Gasteiger partial charge in [0.15, 0.2) is 5.76 Å². The van der Waals surface area contributed by atoms with Crippen molar-refractivity contribution in [1.82, 2.24) is 4.90 Å². The first-order valence-electron chi connectivity index (χ1n) is 7.85. The number of morpholine rings is 1. The zero-order valence-corrected chi connectivity index (χ0v) is 12.9. The first-order valence-corrected chi connectivity index (χ1v) is 7.85. The number of amides is 1. The normalized spacial score (nSPS) is 18.0. The zero-order chi connectivity index (χ0) is 16.5. The minimum atomic E-state index is -0.287. The molecule has 24 heavy (non-hydrogen) atoms. The maximum Gasteiger partial charge on any atom is 0.289 e. The summed E-state index contributed by atoms with van der Waals surface area (Å²) in [5.74, 6) is -0.109. The second-order valence-corrected chi connectivity index (χ2v) is 5.81. The van der Waals surface area contributed by atoms with Gasteiger partial charge in [-0.3, -0.25) is 4.79 Å². The number of nitrogens with zero attached hydrogens (tertiary/aromatic N) is 1. The van der Waals surface area contributed by atoms with Gasteiger partial charge in [0.1, 0.15) is 17.5 Å². The Morgan fingerprint density at radius 1 is 1.12 bits per heavy atom. The molecule has 4 nitrogen and oxygen atoms in total. The molecule has 2 heterocycles. The quantitative estimate of drug-likeness (QED) is 0.720. The number of halogens is 1. The van der Waals surface area contributed by atoms with Gasteiger partial charge >= 0.3 is 0 Å². The van der Waals surface area contributed by atoms with E-state index >= 15 is 0 Å². The largest absolute Gasteiger partial charge is 0.451 e. The second-order valence-electron chi connectivity index (χ2n) is 5.81. The van der Waals surface area contributed by atoms with Gasteiger partial charge < -0.3 is 14.1 Å². The number of benzene rings is 2. The maximum absolute atomic E-state index is 13.1. The van der Waals surface area contributed by atoms with E-state index in [2.05, 4.69) is 0 Å². The minimum absolute atomic E-state index is 0.151. The Morgan fingerprint density at radius 3 is 2.71 bits per heavy atom. The van der Waals surface area contributed by atoms with Crippen LogP contribution in [0.4, 0.5) is 4.39 Å². The molecule has 0 spiro atoms. The number of para-hydroxylation sites is 1. The molecule has 1 amide bonds. The van der Waals surface area contributed by atoms with Gasteiger partial charge in [0.05, 0.1) is 13.2 Å². The lowest BCUT2D eigenvalue weighted by Crippen LogP contribution is -2.42. The van der Waals surface area contributed by atoms with E-state index in [4.69, 9.17) is 9.15 Å². The third-order valence-electron chi connectivity index (χ3n) is 4.23. The van der Waals surface area contributed by atoms with Gasteiger partial charge in [-0.2, -0.15) is 0 Å². The Labute approximate surface area is 138 Å². The van der Waals surface area contributed by atoms with Crippen LogP contribution in [0.1, 0.15) is 22.2 Å². The van der Waals surface area contributed by atoms with E-state index in [1.807, 2.05) is 24.3 Å². The molecule has 1 fully saturated rings. The molecule has 1 aliphatic rings. The number of fused-ring (bicyclic) bond motifs is 1. The summed E-state index contributed by atoms with van der Waals surface area (Å²) in [5.41, 5.74) is 1.56. The molecule has 1 unspecified atom stereocenters. The molecule has 3 aromatic rings. The Morgan fingerprint density at radius 2 is 1.92 bits per heavy atom. The lowest BCUT2D eigenvalue weighted by molar-refractivity contribution is -0.0237. The Bertz CT molecular complexity index is 839. The molecule has 1 aliphatic heterocycles. The highest BCUT2D eigenvalue weighted by Crippen LogP contribution is 2.25. The predicted molar refractivity (Wildman–Crippen MR) is 87.2 cm³/mol. The molecule has 5 heteroatoms. The van der Waals surface area contributed by atoms with Gasteiger partial charge in [0.25, 0.3) is 5.91 Å². The first kappa shape index (κ1) is 14.9. The monoisotopic (exact) mass is 325 g/mol. The fourth-order valence-corrected chi connectivity index (χ4v) is 2.96. The van der Waals surface area contributed by atoms with E-state index in [0.29, 0.717) is 31.0 Å². The van der Waals surface area contributed by atoms with Crippen LogP contribution >= 0.6 is 0 Å². The van der Waals surface area contributed by atoms with E-state index in [0.717, 1.165) is 10.9 Å². The zero-order valence-electron chi connectivity index (χ0n) is 12.9. The Balaban J connectivity index is 1.54. The van der Waals surface area contributed by atoms with Crippen LogP contribution < -0.4 is 0 Å². The average Bonchev–Trinajstić information content (AvgIpc) is 3.06. The van der Waals surface area contributed by atoms with Crippen LogP contribution in [0.15, 0.2) is 59.0 Å². The molecule has 0 saturated carbocycles. The van der Waals surface area contributed by atoms with Crippen LogP contribution in [0.25, 0.3) is 11.0 Å². The molecular weight excluding hydrogens is 309 g/mol. The molecule has 0 aliphatic carbocycles. The molecule has 2 aromatic carbocycles. The molecule has 1 saturated heterocycles. The fraction of sp³-hybridized carbons (Fsp3) is 0.211. The van der Waals surface area contributed by atoms with Gasteiger partial charge in [-0.05, 0) is 29.8 Å². The van der Waals surface area contributed by atoms with Crippen molar-refractivity contribution in [3.8, 4) is 0 Å². The summed E-state index contributed by atoms with van der Waals surface area (Å²) in [6.45, 7) is 1.36. The van der Waals surface area contributed by atoms with Crippen molar-refractivity contribution >= 4 is 16.9 Å². The molecule has 1 aromatic heterocycles. The Hall–Kier alpha value is -2.66. The van der Waals surface area contributed by atoms with Crippen molar-refractivity contribution in [2.24, 2.45) is 0 Å². The first-order chi connectivity index (χ1) is 11.7. The van der Waals surface area contributed by atoms with E-state index in [-0.39, 0.29) is 17.8 Å². The number of carbonyl (C=O) groups excluding carboxylic acids is 1. The summed E-state index contributed by atoms with van der Waals surface area (Å²) in [7, 11) is 0. The minimum Gasteiger partial charge on any atom is -0.451 e. The molecule has 1 atom stereocenters.